The van der Waals surface area contributed by atoms with Crippen molar-refractivity contribution in [3.8, 4) is 0 Å². The molecule has 0 bridgehead atoms. The number of nitrogens with zero attached hydrogens (tertiary/aromatic N) is 3. The number of halogens is 1. The van der Waals surface area contributed by atoms with Crippen LogP contribution in [0.2, 0.25) is 0 Å². The highest BCUT2D eigenvalue weighted by Gasteiger charge is 2.31. The van der Waals surface area contributed by atoms with Crippen molar-refractivity contribution in [2.45, 2.75) is 0 Å². The number of rotatable bonds is 7. The number of hydrogen-bond donors (Lipinski definition) is 2. The average Bonchev–Trinajstić information content (AvgIpc) is 3.40. The smallest absolute Gasteiger partial charge is 0.333 e. The number of H-pyrrole nitrogens is 1. The number of aromatic amines is 1. The largest absolute Gasteiger partial charge is 0.466 e. The van der Waals surface area contributed by atoms with E-state index in [0.29, 0.717) is 5.56 Å². The number of esters is 1. The summed E-state index contributed by atoms with van der Waals surface area (Å²) in [5.41, 5.74) is 6.68. The predicted octanol–water partition coefficient (Wildman–Crippen LogP) is 1.80. The van der Waals surface area contributed by atoms with Gasteiger partial charge in [-0.1, -0.05) is 23.4 Å². The van der Waals surface area contributed by atoms with E-state index < -0.39 is 23.5 Å². The number of carbonyl (C=O) groups excluding carboxylic acids is 4. The van der Waals surface area contributed by atoms with E-state index in [4.69, 9.17) is 10.6 Å². The van der Waals surface area contributed by atoms with Gasteiger partial charge < -0.3 is 30.1 Å². The van der Waals surface area contributed by atoms with Crippen molar-refractivity contribution in [2.75, 3.05) is 33.3 Å². The van der Waals surface area contributed by atoms with Crippen molar-refractivity contribution in [3.63, 3.8) is 0 Å². The molecule has 2 amide bonds. The van der Waals surface area contributed by atoms with Crippen LogP contribution >= 0.6 is 0 Å². The fraction of sp³-hybridized carbons (Fsp3) is 0.192. The number of oxime groups is 1. The Bertz CT molecular complexity index is 1440. The molecule has 0 aliphatic carbocycles. The number of nitrogens with two attached hydrogens (primary N) is 1. The van der Waals surface area contributed by atoms with Crippen LogP contribution in [0.3, 0.4) is 0 Å². The van der Waals surface area contributed by atoms with E-state index in [1.165, 1.54) is 24.3 Å². The molecule has 38 heavy (non-hydrogen) atoms. The highest BCUT2D eigenvalue weighted by atomic mass is 19.1. The van der Waals surface area contributed by atoms with E-state index in [0.717, 1.165) is 18.4 Å². The van der Waals surface area contributed by atoms with E-state index in [2.05, 4.69) is 14.9 Å². The predicted molar refractivity (Wildman–Crippen MR) is 134 cm³/mol. The normalized spacial score (nSPS) is 14.1. The first kappa shape index (κ1) is 26.1. The molecule has 1 saturated heterocycles. The zero-order chi connectivity index (χ0) is 27.2. The summed E-state index contributed by atoms with van der Waals surface area (Å²) in [5, 5.41) is 3.53. The quantitative estimate of drug-likeness (QED) is 0.0704. The molecule has 0 saturated carbocycles. The van der Waals surface area contributed by atoms with Gasteiger partial charge in [-0.25, -0.2) is 9.18 Å². The van der Waals surface area contributed by atoms with Gasteiger partial charge in [-0.05, 0) is 24.3 Å². The third-order valence-corrected chi connectivity index (χ3v) is 5.99. The molecule has 1 fully saturated rings. The van der Waals surface area contributed by atoms with Crippen LogP contribution in [-0.2, 0) is 19.2 Å². The van der Waals surface area contributed by atoms with Gasteiger partial charge >= 0.3 is 5.97 Å². The third-order valence-electron chi connectivity index (χ3n) is 5.99. The Morgan fingerprint density at radius 3 is 2.37 bits per heavy atom. The lowest BCUT2D eigenvalue weighted by atomic mass is 10.0. The first-order valence-corrected chi connectivity index (χ1v) is 11.5. The van der Waals surface area contributed by atoms with Gasteiger partial charge in [-0.3, -0.25) is 14.4 Å². The van der Waals surface area contributed by atoms with Crippen molar-refractivity contribution >= 4 is 40.3 Å². The molecule has 12 heteroatoms. The van der Waals surface area contributed by atoms with E-state index in [1.807, 2.05) is 6.07 Å². The van der Waals surface area contributed by atoms with Crippen LogP contribution in [-0.4, -0.2) is 77.5 Å². The summed E-state index contributed by atoms with van der Waals surface area (Å²) in [6, 6.07) is 11.2. The Morgan fingerprint density at radius 2 is 1.68 bits per heavy atom. The lowest BCUT2D eigenvalue weighted by Crippen LogP contribution is -2.52. The van der Waals surface area contributed by atoms with Crippen LogP contribution in [0.1, 0.15) is 26.3 Å². The van der Waals surface area contributed by atoms with Crippen LogP contribution in [0, 0.1) is 5.82 Å². The minimum atomic E-state index is -0.900. The first-order valence-electron chi connectivity index (χ1n) is 11.5. The number of fused-ring (bicyclic) bond motifs is 1. The zero-order valence-corrected chi connectivity index (χ0v) is 20.3. The molecule has 3 N–H and O–H groups in total. The summed E-state index contributed by atoms with van der Waals surface area (Å²) in [6.45, 7) is 0.845. The summed E-state index contributed by atoms with van der Waals surface area (Å²) < 4.78 is 19.2. The Morgan fingerprint density at radius 1 is 1.00 bits per heavy atom. The highest BCUT2D eigenvalue weighted by molar-refractivity contribution is 6.45. The molecular weight excluding hydrogens is 497 g/mol. The lowest BCUT2D eigenvalue weighted by Gasteiger charge is -2.34. The van der Waals surface area contributed by atoms with E-state index >= 15 is 0 Å². The van der Waals surface area contributed by atoms with Gasteiger partial charge in [0.05, 0.1) is 24.3 Å². The maximum absolute atomic E-state index is 14.8. The first-order chi connectivity index (χ1) is 18.3. The van der Waals surface area contributed by atoms with Gasteiger partial charge in [0.2, 0.25) is 0 Å². The molecule has 2 heterocycles. The molecule has 0 radical (unpaired) electrons. The molecule has 3 aromatic rings. The third kappa shape index (κ3) is 5.38. The maximum Gasteiger partial charge on any atom is 0.333 e. The van der Waals surface area contributed by atoms with Crippen LogP contribution in [0.25, 0.3) is 10.9 Å². The molecule has 2 aromatic carbocycles. The van der Waals surface area contributed by atoms with Crippen molar-refractivity contribution in [3.05, 3.63) is 83.5 Å². The van der Waals surface area contributed by atoms with Gasteiger partial charge in [-0.2, -0.15) is 0 Å². The number of aromatic nitrogens is 1. The molecule has 1 aromatic heterocycles. The summed E-state index contributed by atoms with van der Waals surface area (Å²) in [4.78, 5) is 60.4. The van der Waals surface area contributed by atoms with Crippen LogP contribution in [0.15, 0.2) is 66.2 Å². The topological polar surface area (TPSA) is 147 Å². The minimum absolute atomic E-state index is 0.123. The Kier molecular flexibility index (Phi) is 7.80. The van der Waals surface area contributed by atoms with Crippen molar-refractivity contribution in [1.29, 1.82) is 0 Å². The second-order valence-corrected chi connectivity index (χ2v) is 8.23. The number of Topliss-reactive ketones (excluding diaryl/α,β-unsaturated/α-hetero) is 1. The molecule has 0 unspecified atom stereocenters. The zero-order valence-electron chi connectivity index (χ0n) is 20.3. The summed E-state index contributed by atoms with van der Waals surface area (Å²) in [6.07, 6.45) is 3.16. The molecule has 0 spiro atoms. The minimum Gasteiger partial charge on any atom is -0.466 e. The van der Waals surface area contributed by atoms with E-state index in [1.54, 1.807) is 29.2 Å². The second kappa shape index (κ2) is 11.4. The number of carbonyl (C=O) groups is 4. The van der Waals surface area contributed by atoms with Crippen LogP contribution < -0.4 is 5.73 Å². The number of piperazine rings is 1. The average molecular weight is 522 g/mol. The van der Waals surface area contributed by atoms with Gasteiger partial charge in [0.15, 0.2) is 5.84 Å². The number of ketones is 1. The fourth-order valence-electron chi connectivity index (χ4n) is 4.02. The van der Waals surface area contributed by atoms with Gasteiger partial charge in [-0.15, -0.1) is 0 Å². The SMILES string of the molecule is COC(=O)C=CON=C(N)c1ccc(F)c2c(C(=O)C(=O)N3CCN(C(=O)c4ccccc4)CC3)c[nH]c12. The number of amides is 2. The van der Waals surface area contributed by atoms with Gasteiger partial charge in [0.1, 0.15) is 12.1 Å². The second-order valence-electron chi connectivity index (χ2n) is 8.23. The monoisotopic (exact) mass is 521 g/mol. The summed E-state index contributed by atoms with van der Waals surface area (Å²) in [7, 11) is 1.20. The maximum atomic E-state index is 14.8. The molecule has 0 atom stereocenters. The number of nitrogens with one attached hydrogen (secondary N) is 1. The fourth-order valence-corrected chi connectivity index (χ4v) is 4.02. The number of methoxy groups -OCH3 is 1. The molecule has 11 nitrogen and oxygen atoms in total. The number of hydrogen-bond acceptors (Lipinski definition) is 7. The van der Waals surface area contributed by atoms with Crippen molar-refractivity contribution in [1.82, 2.24) is 14.8 Å². The summed E-state index contributed by atoms with van der Waals surface area (Å²) in [5.74, 6) is -3.43. The number of amidine groups is 1. The Balaban J connectivity index is 1.48. The molecular formula is C26H24FN5O6. The van der Waals surface area contributed by atoms with Gasteiger partial charge in [0, 0.05) is 48.9 Å². The highest BCUT2D eigenvalue weighted by Crippen LogP contribution is 2.26. The summed E-state index contributed by atoms with van der Waals surface area (Å²) >= 11 is 0. The van der Waals surface area contributed by atoms with Gasteiger partial charge in [0.25, 0.3) is 17.6 Å². The van der Waals surface area contributed by atoms with Crippen molar-refractivity contribution in [2.24, 2.45) is 10.9 Å². The molecule has 1 aliphatic rings. The van der Waals surface area contributed by atoms with Crippen LogP contribution in [0.4, 0.5) is 4.39 Å². The molecule has 196 valence electrons. The Labute approximate surface area is 216 Å². The van der Waals surface area contributed by atoms with Crippen molar-refractivity contribution < 1.29 is 33.1 Å². The lowest BCUT2D eigenvalue weighted by molar-refractivity contribution is -0.135. The number of ether oxygens (including phenoxy) is 1. The standard InChI is InChI=1S/C26H24FN5O6/c1-37-20(33)9-14-38-30-24(28)17-7-8-19(27)21-18(15-29-22(17)21)23(34)26(36)32-12-10-31(11-13-32)25(35)16-5-3-2-4-6-16/h2-9,14-15,29H,10-13H2,1H3,(H2,28,30). The van der Waals surface area contributed by atoms with E-state index in [-0.39, 0.29) is 60.0 Å². The molecule has 1 aliphatic heterocycles. The number of benzene rings is 2. The Hall–Kier alpha value is -5.00. The molecule has 4 rings (SSSR count). The van der Waals surface area contributed by atoms with E-state index in [9.17, 15) is 23.6 Å². The van der Waals surface area contributed by atoms with Crippen LogP contribution in [0.5, 0.6) is 0 Å².